The van der Waals surface area contributed by atoms with E-state index in [1.807, 2.05) is 13.0 Å². The van der Waals surface area contributed by atoms with Gasteiger partial charge in [0, 0.05) is 0 Å². The molecule has 0 aliphatic carbocycles. The number of aryl methyl sites for hydroxylation is 1. The molecule has 0 radical (unpaired) electrons. The summed E-state index contributed by atoms with van der Waals surface area (Å²) in [6.45, 7) is 2.10. The van der Waals surface area contributed by atoms with Crippen molar-refractivity contribution in [2.45, 2.75) is 13.5 Å². The predicted molar refractivity (Wildman–Crippen MR) is 84.4 cm³/mol. The Morgan fingerprint density at radius 3 is 2.62 bits per heavy atom. The van der Waals surface area contributed by atoms with Gasteiger partial charge in [0.25, 0.3) is 0 Å². The van der Waals surface area contributed by atoms with E-state index in [2.05, 4.69) is 0 Å². The highest BCUT2D eigenvalue weighted by Crippen LogP contribution is 2.23. The maximum absolute atomic E-state index is 13.6. The lowest BCUT2D eigenvalue weighted by molar-refractivity contribution is 0.290. The smallest absolute Gasteiger partial charge is 0.165 e. The van der Waals surface area contributed by atoms with Crippen molar-refractivity contribution < 1.29 is 13.9 Å². The van der Waals surface area contributed by atoms with Gasteiger partial charge < -0.3 is 15.2 Å². The van der Waals surface area contributed by atoms with Gasteiger partial charge in [-0.15, -0.1) is 0 Å². The first-order chi connectivity index (χ1) is 10.0. The molecular formula is C16H16FNO2S. The third kappa shape index (κ3) is 3.70. The lowest BCUT2D eigenvalue weighted by Crippen LogP contribution is -2.12. The highest BCUT2D eigenvalue weighted by Gasteiger charge is 2.09. The second kappa shape index (κ2) is 6.54. The van der Waals surface area contributed by atoms with Crippen LogP contribution in [0.2, 0.25) is 0 Å². The van der Waals surface area contributed by atoms with Crippen LogP contribution in [0.4, 0.5) is 4.39 Å². The minimum Gasteiger partial charge on any atom is -0.496 e. The summed E-state index contributed by atoms with van der Waals surface area (Å²) in [6.07, 6.45) is 0. The summed E-state index contributed by atoms with van der Waals surface area (Å²) >= 11 is 4.99. The summed E-state index contributed by atoms with van der Waals surface area (Å²) in [6, 6.07) is 10.1. The molecule has 0 aliphatic heterocycles. The minimum absolute atomic E-state index is 0.222. The zero-order valence-electron chi connectivity index (χ0n) is 11.9. The van der Waals surface area contributed by atoms with E-state index in [9.17, 15) is 4.39 Å². The summed E-state index contributed by atoms with van der Waals surface area (Å²) in [7, 11) is 1.55. The molecule has 2 rings (SSSR count). The molecule has 3 nitrogen and oxygen atoms in total. The number of halogens is 1. The number of hydrogen-bond acceptors (Lipinski definition) is 3. The van der Waals surface area contributed by atoms with Crippen molar-refractivity contribution in [3.63, 3.8) is 0 Å². The van der Waals surface area contributed by atoms with Crippen LogP contribution >= 0.6 is 12.2 Å². The molecule has 0 heterocycles. The first-order valence-electron chi connectivity index (χ1n) is 6.37. The lowest BCUT2D eigenvalue weighted by Gasteiger charge is -2.11. The number of methoxy groups -OCH3 is 1. The first-order valence-corrected chi connectivity index (χ1v) is 6.77. The van der Waals surface area contributed by atoms with Crippen molar-refractivity contribution >= 4 is 17.2 Å². The molecule has 0 aliphatic rings. The fourth-order valence-electron chi connectivity index (χ4n) is 1.92. The Balaban J connectivity index is 2.18. The lowest BCUT2D eigenvalue weighted by atomic mass is 10.1. The summed E-state index contributed by atoms with van der Waals surface area (Å²) in [4.78, 5) is 0.246. The number of hydrogen-bond donors (Lipinski definition) is 1. The molecule has 0 spiro atoms. The molecule has 110 valence electrons. The fraction of sp³-hybridized carbons (Fsp3) is 0.188. The number of rotatable bonds is 5. The standard InChI is InChI=1S/C16H16FNO2S/c1-10-3-5-13(17)15(7-10)20-9-11-4-6-14(19-2)12(8-11)16(18)21/h3-8H,9H2,1-2H3,(H2,18,21). The Morgan fingerprint density at radius 1 is 1.19 bits per heavy atom. The van der Waals surface area contributed by atoms with Gasteiger partial charge in [0.15, 0.2) is 11.6 Å². The van der Waals surface area contributed by atoms with E-state index in [-0.39, 0.29) is 23.2 Å². The Morgan fingerprint density at radius 2 is 1.95 bits per heavy atom. The fourth-order valence-corrected chi connectivity index (χ4v) is 2.08. The van der Waals surface area contributed by atoms with E-state index in [4.69, 9.17) is 27.4 Å². The topological polar surface area (TPSA) is 44.5 Å². The molecule has 0 amide bonds. The van der Waals surface area contributed by atoms with Crippen LogP contribution in [0.5, 0.6) is 11.5 Å². The molecule has 0 aromatic heterocycles. The molecule has 0 saturated carbocycles. The second-order valence-corrected chi connectivity index (χ2v) is 5.06. The van der Waals surface area contributed by atoms with E-state index in [0.717, 1.165) is 11.1 Å². The Hall–Kier alpha value is -2.14. The first kappa shape index (κ1) is 15.3. The number of ether oxygens (including phenoxy) is 2. The summed E-state index contributed by atoms with van der Waals surface area (Å²) in [5, 5.41) is 0. The van der Waals surface area contributed by atoms with E-state index in [1.54, 1.807) is 31.4 Å². The maximum Gasteiger partial charge on any atom is 0.165 e. The Labute approximate surface area is 128 Å². The van der Waals surface area contributed by atoms with Gasteiger partial charge in [-0.2, -0.15) is 0 Å². The normalized spacial score (nSPS) is 10.2. The predicted octanol–water partition coefficient (Wildman–Crippen LogP) is 3.36. The largest absolute Gasteiger partial charge is 0.496 e. The molecule has 2 N–H and O–H groups in total. The zero-order valence-corrected chi connectivity index (χ0v) is 12.7. The molecule has 21 heavy (non-hydrogen) atoms. The van der Waals surface area contributed by atoms with Crippen LogP contribution in [-0.2, 0) is 6.61 Å². The highest BCUT2D eigenvalue weighted by molar-refractivity contribution is 7.80. The van der Waals surface area contributed by atoms with Gasteiger partial charge in [0.05, 0.1) is 12.7 Å². The molecule has 0 saturated heterocycles. The summed E-state index contributed by atoms with van der Waals surface area (Å²) in [5.74, 6) is 0.444. The zero-order chi connectivity index (χ0) is 15.4. The average molecular weight is 305 g/mol. The molecule has 0 unspecified atom stereocenters. The van der Waals surface area contributed by atoms with E-state index in [0.29, 0.717) is 11.3 Å². The molecule has 2 aromatic carbocycles. The molecule has 2 aromatic rings. The SMILES string of the molecule is COc1ccc(COc2cc(C)ccc2F)cc1C(N)=S. The van der Waals surface area contributed by atoms with Crippen molar-refractivity contribution in [2.24, 2.45) is 5.73 Å². The van der Waals surface area contributed by atoms with Gasteiger partial charge in [-0.3, -0.25) is 0 Å². The number of nitrogens with two attached hydrogens (primary N) is 1. The third-order valence-corrected chi connectivity index (χ3v) is 3.23. The van der Waals surface area contributed by atoms with Crippen LogP contribution in [0.15, 0.2) is 36.4 Å². The monoisotopic (exact) mass is 305 g/mol. The van der Waals surface area contributed by atoms with Crippen molar-refractivity contribution in [1.82, 2.24) is 0 Å². The molecular weight excluding hydrogens is 289 g/mol. The summed E-state index contributed by atoms with van der Waals surface area (Å²) < 4.78 is 24.3. The van der Waals surface area contributed by atoms with Crippen molar-refractivity contribution in [1.29, 1.82) is 0 Å². The van der Waals surface area contributed by atoms with Crippen LogP contribution in [0.1, 0.15) is 16.7 Å². The van der Waals surface area contributed by atoms with E-state index in [1.165, 1.54) is 6.07 Å². The molecule has 0 fully saturated rings. The van der Waals surface area contributed by atoms with Gasteiger partial charge in [-0.1, -0.05) is 24.4 Å². The van der Waals surface area contributed by atoms with Gasteiger partial charge in [0.2, 0.25) is 0 Å². The second-order valence-electron chi connectivity index (χ2n) is 4.62. The Kier molecular flexibility index (Phi) is 4.75. The van der Waals surface area contributed by atoms with Gasteiger partial charge >= 0.3 is 0 Å². The quantitative estimate of drug-likeness (QED) is 0.860. The molecule has 0 bridgehead atoms. The molecule has 0 atom stereocenters. The van der Waals surface area contributed by atoms with Crippen LogP contribution in [0.3, 0.4) is 0 Å². The van der Waals surface area contributed by atoms with Crippen molar-refractivity contribution in [3.05, 3.63) is 58.9 Å². The Bertz CT molecular complexity index is 673. The number of thiocarbonyl (C=S) groups is 1. The van der Waals surface area contributed by atoms with Gasteiger partial charge in [0.1, 0.15) is 17.3 Å². The average Bonchev–Trinajstić information content (AvgIpc) is 2.47. The van der Waals surface area contributed by atoms with E-state index < -0.39 is 0 Å². The van der Waals surface area contributed by atoms with Crippen LogP contribution in [0.25, 0.3) is 0 Å². The minimum atomic E-state index is -0.385. The van der Waals surface area contributed by atoms with E-state index >= 15 is 0 Å². The van der Waals surface area contributed by atoms with Crippen molar-refractivity contribution in [3.8, 4) is 11.5 Å². The number of benzene rings is 2. The van der Waals surface area contributed by atoms with Crippen molar-refractivity contribution in [2.75, 3.05) is 7.11 Å². The summed E-state index contributed by atoms with van der Waals surface area (Å²) in [5.41, 5.74) is 8.07. The third-order valence-electron chi connectivity index (χ3n) is 3.01. The van der Waals surface area contributed by atoms with Crippen LogP contribution in [0, 0.1) is 12.7 Å². The van der Waals surface area contributed by atoms with Gasteiger partial charge in [-0.05, 0) is 42.3 Å². The van der Waals surface area contributed by atoms with Crippen LogP contribution in [-0.4, -0.2) is 12.1 Å². The van der Waals surface area contributed by atoms with Crippen LogP contribution < -0.4 is 15.2 Å². The molecule has 5 heteroatoms. The highest BCUT2D eigenvalue weighted by atomic mass is 32.1. The maximum atomic E-state index is 13.6. The van der Waals surface area contributed by atoms with Gasteiger partial charge in [-0.25, -0.2) is 4.39 Å².